The minimum Gasteiger partial charge on any atom is -0.481 e. The van der Waals surface area contributed by atoms with Crippen LogP contribution in [-0.4, -0.2) is 31.3 Å². The summed E-state index contributed by atoms with van der Waals surface area (Å²) in [4.78, 5) is 11.0. The number of hydrogen-bond donors (Lipinski definition) is 1. The predicted molar refractivity (Wildman–Crippen MR) is 77.1 cm³/mol. The summed E-state index contributed by atoms with van der Waals surface area (Å²) in [7, 11) is 0. The third kappa shape index (κ3) is 3.63. The molecular weight excluding hydrogens is 343 g/mol. The number of tetrazole rings is 1. The van der Waals surface area contributed by atoms with E-state index in [9.17, 15) is 9.18 Å². The first-order valence-electron chi connectivity index (χ1n) is 6.48. The fourth-order valence-electron chi connectivity index (χ4n) is 2.13. The third-order valence-corrected chi connectivity index (χ3v) is 3.53. The Bertz CT molecular complexity index is 647. The van der Waals surface area contributed by atoms with Crippen molar-refractivity contribution < 1.29 is 14.3 Å². The monoisotopic (exact) mass is 356 g/mol. The van der Waals surface area contributed by atoms with Crippen LogP contribution in [0.1, 0.15) is 32.2 Å². The van der Waals surface area contributed by atoms with Gasteiger partial charge in [0, 0.05) is 4.47 Å². The SMILES string of the molecule is CCCC(CC(=O)O)n1nnnc1-c1cc(Br)ccc1F. The van der Waals surface area contributed by atoms with E-state index >= 15 is 0 Å². The minimum atomic E-state index is -0.940. The third-order valence-electron chi connectivity index (χ3n) is 3.04. The largest absolute Gasteiger partial charge is 0.481 e. The van der Waals surface area contributed by atoms with Gasteiger partial charge >= 0.3 is 5.97 Å². The lowest BCUT2D eigenvalue weighted by molar-refractivity contribution is -0.138. The number of halogens is 2. The van der Waals surface area contributed by atoms with Gasteiger partial charge in [-0.2, -0.15) is 0 Å². The molecule has 0 saturated carbocycles. The quantitative estimate of drug-likeness (QED) is 0.859. The van der Waals surface area contributed by atoms with Gasteiger partial charge in [0.2, 0.25) is 0 Å². The van der Waals surface area contributed by atoms with Crippen LogP contribution in [0.5, 0.6) is 0 Å². The van der Waals surface area contributed by atoms with Crippen LogP contribution in [0.3, 0.4) is 0 Å². The standard InChI is InChI=1S/C13H14BrFN4O2/c1-2-3-9(7-12(20)21)19-13(16-17-18-19)10-6-8(14)4-5-11(10)15/h4-6,9H,2-3,7H2,1H3,(H,20,21). The fraction of sp³-hybridized carbons (Fsp3) is 0.385. The van der Waals surface area contributed by atoms with Gasteiger partial charge in [0.1, 0.15) is 5.82 Å². The van der Waals surface area contributed by atoms with E-state index in [1.807, 2.05) is 6.92 Å². The maximum absolute atomic E-state index is 14.0. The summed E-state index contributed by atoms with van der Waals surface area (Å²) in [6.07, 6.45) is 1.26. The number of carboxylic acid groups (broad SMARTS) is 1. The highest BCUT2D eigenvalue weighted by Crippen LogP contribution is 2.28. The molecule has 2 rings (SSSR count). The first-order valence-corrected chi connectivity index (χ1v) is 7.27. The van der Waals surface area contributed by atoms with Crippen molar-refractivity contribution in [2.75, 3.05) is 0 Å². The minimum absolute atomic E-state index is 0.110. The van der Waals surface area contributed by atoms with Crippen LogP contribution in [-0.2, 0) is 4.79 Å². The normalized spacial score (nSPS) is 12.3. The Morgan fingerprint density at radius 3 is 2.95 bits per heavy atom. The molecule has 1 aromatic carbocycles. The lowest BCUT2D eigenvalue weighted by atomic mass is 10.1. The number of carbonyl (C=O) groups is 1. The Morgan fingerprint density at radius 1 is 1.52 bits per heavy atom. The molecule has 1 aromatic heterocycles. The number of aliphatic carboxylic acids is 1. The van der Waals surface area contributed by atoms with Gasteiger partial charge in [-0.15, -0.1) is 5.10 Å². The van der Waals surface area contributed by atoms with Crippen LogP contribution in [0.4, 0.5) is 4.39 Å². The van der Waals surface area contributed by atoms with Gasteiger partial charge in [0.15, 0.2) is 5.82 Å². The van der Waals surface area contributed by atoms with Gasteiger partial charge in [-0.3, -0.25) is 4.79 Å². The molecule has 0 amide bonds. The molecule has 0 radical (unpaired) electrons. The molecule has 1 heterocycles. The van der Waals surface area contributed by atoms with Crippen LogP contribution in [0.25, 0.3) is 11.4 Å². The van der Waals surface area contributed by atoms with Gasteiger partial charge in [-0.25, -0.2) is 9.07 Å². The van der Waals surface area contributed by atoms with Crippen molar-refractivity contribution in [3.63, 3.8) is 0 Å². The molecule has 0 bridgehead atoms. The topological polar surface area (TPSA) is 80.9 Å². The molecule has 21 heavy (non-hydrogen) atoms. The first kappa shape index (κ1) is 15.6. The Balaban J connectivity index is 2.45. The first-order chi connectivity index (χ1) is 10.0. The summed E-state index contributed by atoms with van der Waals surface area (Å²) in [5.41, 5.74) is 0.237. The molecule has 0 fully saturated rings. The van der Waals surface area contributed by atoms with E-state index in [4.69, 9.17) is 5.11 Å². The van der Waals surface area contributed by atoms with Crippen molar-refractivity contribution in [2.45, 2.75) is 32.2 Å². The smallest absolute Gasteiger partial charge is 0.305 e. The van der Waals surface area contributed by atoms with E-state index in [-0.39, 0.29) is 17.8 Å². The number of hydrogen-bond acceptors (Lipinski definition) is 4. The average Bonchev–Trinajstić information content (AvgIpc) is 2.89. The van der Waals surface area contributed by atoms with E-state index < -0.39 is 17.8 Å². The fourth-order valence-corrected chi connectivity index (χ4v) is 2.49. The predicted octanol–water partition coefficient (Wildman–Crippen LogP) is 3.06. The molecule has 0 saturated heterocycles. The molecule has 1 atom stereocenters. The van der Waals surface area contributed by atoms with Gasteiger partial charge in [-0.1, -0.05) is 29.3 Å². The molecule has 0 spiro atoms. The average molecular weight is 357 g/mol. The number of rotatable bonds is 6. The van der Waals surface area contributed by atoms with Crippen molar-refractivity contribution in [2.24, 2.45) is 0 Å². The highest BCUT2D eigenvalue weighted by atomic mass is 79.9. The number of carboxylic acids is 1. The van der Waals surface area contributed by atoms with Gasteiger partial charge < -0.3 is 5.11 Å². The van der Waals surface area contributed by atoms with E-state index in [1.165, 1.54) is 10.7 Å². The van der Waals surface area contributed by atoms with Crippen LogP contribution >= 0.6 is 15.9 Å². The molecule has 8 heteroatoms. The molecule has 0 aliphatic rings. The summed E-state index contributed by atoms with van der Waals surface area (Å²) in [5.74, 6) is -1.17. The van der Waals surface area contributed by atoms with Crippen LogP contribution < -0.4 is 0 Å². The molecule has 1 unspecified atom stereocenters. The molecule has 6 nitrogen and oxygen atoms in total. The summed E-state index contributed by atoms with van der Waals surface area (Å²) >= 11 is 3.28. The van der Waals surface area contributed by atoms with E-state index in [1.54, 1.807) is 12.1 Å². The second-order valence-corrected chi connectivity index (χ2v) is 5.53. The van der Waals surface area contributed by atoms with Crippen molar-refractivity contribution in [1.82, 2.24) is 20.2 Å². The lowest BCUT2D eigenvalue weighted by Gasteiger charge is -2.15. The summed E-state index contributed by atoms with van der Waals surface area (Å²) in [5, 5.41) is 20.3. The number of benzene rings is 1. The summed E-state index contributed by atoms with van der Waals surface area (Å²) in [6, 6.07) is 4.05. The molecular formula is C13H14BrFN4O2. The summed E-state index contributed by atoms with van der Waals surface area (Å²) in [6.45, 7) is 1.94. The van der Waals surface area contributed by atoms with Crippen molar-refractivity contribution >= 4 is 21.9 Å². The van der Waals surface area contributed by atoms with Crippen LogP contribution in [0.2, 0.25) is 0 Å². The Kier molecular flexibility index (Phi) is 5.00. The zero-order chi connectivity index (χ0) is 15.4. The highest BCUT2D eigenvalue weighted by molar-refractivity contribution is 9.10. The number of nitrogens with zero attached hydrogens (tertiary/aromatic N) is 4. The second-order valence-electron chi connectivity index (χ2n) is 4.61. The van der Waals surface area contributed by atoms with Crippen molar-refractivity contribution in [1.29, 1.82) is 0 Å². The lowest BCUT2D eigenvalue weighted by Crippen LogP contribution is -2.16. The molecule has 112 valence electrons. The molecule has 0 aliphatic heterocycles. The van der Waals surface area contributed by atoms with Crippen LogP contribution in [0, 0.1) is 5.82 Å². The zero-order valence-corrected chi connectivity index (χ0v) is 12.9. The van der Waals surface area contributed by atoms with Crippen LogP contribution in [0.15, 0.2) is 22.7 Å². The number of aromatic nitrogens is 4. The molecule has 2 aromatic rings. The summed E-state index contributed by atoms with van der Waals surface area (Å²) < 4.78 is 16.1. The molecule has 0 aliphatic carbocycles. The van der Waals surface area contributed by atoms with Crippen molar-refractivity contribution in [3.8, 4) is 11.4 Å². The Hall–Kier alpha value is -1.83. The van der Waals surface area contributed by atoms with Gasteiger partial charge in [-0.05, 0) is 35.0 Å². The van der Waals surface area contributed by atoms with Gasteiger partial charge in [0.25, 0.3) is 0 Å². The highest BCUT2D eigenvalue weighted by Gasteiger charge is 2.22. The zero-order valence-electron chi connectivity index (χ0n) is 11.3. The maximum Gasteiger partial charge on any atom is 0.305 e. The van der Waals surface area contributed by atoms with Gasteiger partial charge in [0.05, 0.1) is 18.0 Å². The maximum atomic E-state index is 14.0. The molecule has 1 N–H and O–H groups in total. The Labute approximate surface area is 129 Å². The second kappa shape index (κ2) is 6.75. The Morgan fingerprint density at radius 2 is 2.29 bits per heavy atom. The van der Waals surface area contributed by atoms with E-state index in [0.717, 1.165) is 6.42 Å². The van der Waals surface area contributed by atoms with E-state index in [0.29, 0.717) is 10.9 Å². The van der Waals surface area contributed by atoms with Crippen molar-refractivity contribution in [3.05, 3.63) is 28.5 Å². The van der Waals surface area contributed by atoms with E-state index in [2.05, 4.69) is 31.5 Å².